The van der Waals surface area contributed by atoms with Crippen LogP contribution >= 0.6 is 0 Å². The number of rotatable bonds is 1. The molecular formula is C21H22N4O4. The van der Waals surface area contributed by atoms with Crippen LogP contribution in [0.15, 0.2) is 34.0 Å². The first kappa shape index (κ1) is 17.7. The first-order chi connectivity index (χ1) is 14.0. The van der Waals surface area contributed by atoms with Gasteiger partial charge in [-0.05, 0) is 30.2 Å². The minimum Gasteiger partial charge on any atom is -0.490 e. The van der Waals surface area contributed by atoms with E-state index in [1.165, 1.54) is 17.2 Å². The lowest BCUT2D eigenvalue weighted by atomic mass is 9.97. The molecule has 0 aliphatic carbocycles. The van der Waals surface area contributed by atoms with Crippen molar-refractivity contribution < 1.29 is 9.47 Å². The highest BCUT2D eigenvalue weighted by Crippen LogP contribution is 2.41. The first-order valence-electron chi connectivity index (χ1n) is 9.64. The van der Waals surface area contributed by atoms with E-state index in [-0.39, 0.29) is 5.82 Å². The Morgan fingerprint density at radius 3 is 2.48 bits per heavy atom. The molecule has 2 aliphatic heterocycles. The third-order valence-electron chi connectivity index (χ3n) is 5.77. The van der Waals surface area contributed by atoms with E-state index in [0.29, 0.717) is 24.3 Å². The molecule has 4 heterocycles. The predicted molar refractivity (Wildman–Crippen MR) is 110 cm³/mol. The summed E-state index contributed by atoms with van der Waals surface area (Å²) >= 11 is 0. The lowest BCUT2D eigenvalue weighted by Crippen LogP contribution is -2.39. The fourth-order valence-electron chi connectivity index (χ4n) is 4.13. The van der Waals surface area contributed by atoms with Crippen molar-refractivity contribution >= 4 is 5.82 Å². The summed E-state index contributed by atoms with van der Waals surface area (Å²) in [6.07, 6.45) is 3.64. The van der Waals surface area contributed by atoms with Gasteiger partial charge in [0.1, 0.15) is 5.82 Å². The molecule has 29 heavy (non-hydrogen) atoms. The van der Waals surface area contributed by atoms with E-state index in [0.717, 1.165) is 46.7 Å². The van der Waals surface area contributed by atoms with Crippen LogP contribution in [0, 0.1) is 0 Å². The van der Waals surface area contributed by atoms with Crippen LogP contribution in [0.4, 0.5) is 5.82 Å². The molecule has 0 spiro atoms. The fourth-order valence-corrected chi connectivity index (χ4v) is 4.13. The Morgan fingerprint density at radius 2 is 1.72 bits per heavy atom. The average Bonchev–Trinajstić information content (AvgIpc) is 3.01. The predicted octanol–water partition coefficient (Wildman–Crippen LogP) is 1.52. The zero-order valence-electron chi connectivity index (χ0n) is 16.4. The molecule has 1 aromatic carbocycles. The van der Waals surface area contributed by atoms with Gasteiger partial charge in [0.25, 0.3) is 5.56 Å². The Kier molecular flexibility index (Phi) is 3.84. The van der Waals surface area contributed by atoms with Gasteiger partial charge in [0.05, 0.1) is 18.8 Å². The van der Waals surface area contributed by atoms with E-state index < -0.39 is 11.2 Å². The van der Waals surface area contributed by atoms with E-state index >= 15 is 0 Å². The van der Waals surface area contributed by atoms with Gasteiger partial charge in [0.15, 0.2) is 11.5 Å². The highest BCUT2D eigenvalue weighted by Gasteiger charge is 2.24. The number of aryl methyl sites for hydroxylation is 2. The van der Waals surface area contributed by atoms with Crippen LogP contribution in [-0.2, 0) is 27.1 Å². The maximum Gasteiger partial charge on any atom is 0.332 e. The van der Waals surface area contributed by atoms with Crippen molar-refractivity contribution in [1.29, 1.82) is 0 Å². The number of ether oxygens (including phenoxy) is 2. The zero-order valence-corrected chi connectivity index (χ0v) is 16.4. The van der Waals surface area contributed by atoms with Gasteiger partial charge in [-0.1, -0.05) is 0 Å². The summed E-state index contributed by atoms with van der Waals surface area (Å²) in [5.41, 5.74) is 9.60. The van der Waals surface area contributed by atoms with E-state index in [4.69, 9.17) is 15.2 Å². The first-order valence-corrected chi connectivity index (χ1v) is 9.64. The molecule has 0 saturated heterocycles. The normalized spacial score (nSPS) is 14.8. The number of benzene rings is 1. The molecule has 0 radical (unpaired) electrons. The van der Waals surface area contributed by atoms with E-state index in [1.54, 1.807) is 7.05 Å². The van der Waals surface area contributed by atoms with Crippen molar-refractivity contribution in [2.75, 3.05) is 18.9 Å². The summed E-state index contributed by atoms with van der Waals surface area (Å²) in [5.74, 6) is 1.70. The highest BCUT2D eigenvalue weighted by molar-refractivity contribution is 5.80. The van der Waals surface area contributed by atoms with E-state index in [2.05, 4.69) is 10.6 Å². The summed E-state index contributed by atoms with van der Waals surface area (Å²) in [4.78, 5) is 24.9. The maximum atomic E-state index is 12.8. The third kappa shape index (κ3) is 2.59. The Labute approximate surface area is 166 Å². The van der Waals surface area contributed by atoms with Gasteiger partial charge in [-0.15, -0.1) is 0 Å². The van der Waals surface area contributed by atoms with Gasteiger partial charge in [0.2, 0.25) is 0 Å². The molecular weight excluding hydrogens is 372 g/mol. The van der Waals surface area contributed by atoms with Crippen LogP contribution in [-0.4, -0.2) is 26.9 Å². The second-order valence-electron chi connectivity index (χ2n) is 7.53. The molecule has 0 saturated carbocycles. The van der Waals surface area contributed by atoms with Crippen molar-refractivity contribution in [3.8, 4) is 33.9 Å². The minimum atomic E-state index is -0.439. The zero-order chi connectivity index (χ0) is 20.3. The molecule has 2 N–H and O–H groups in total. The Bertz CT molecular complexity index is 1270. The van der Waals surface area contributed by atoms with Crippen molar-refractivity contribution in [3.05, 3.63) is 50.8 Å². The highest BCUT2D eigenvalue weighted by atomic mass is 16.5. The molecule has 8 heteroatoms. The summed E-state index contributed by atoms with van der Waals surface area (Å²) in [6, 6.07) is 6.04. The summed E-state index contributed by atoms with van der Waals surface area (Å²) in [5, 5.41) is 0. The molecule has 0 unspecified atom stereocenters. The summed E-state index contributed by atoms with van der Waals surface area (Å²) < 4.78 is 16.2. The SMILES string of the molecule is Cn1c(N)c(-c2cc3n(c2)CCc2cc4c(cc2-3)OCCCO4)c(=O)n(C)c1=O. The molecule has 0 bridgehead atoms. The largest absolute Gasteiger partial charge is 0.490 e. The molecule has 0 fully saturated rings. The number of fused-ring (bicyclic) bond motifs is 4. The van der Waals surface area contributed by atoms with Crippen LogP contribution in [0.1, 0.15) is 12.0 Å². The van der Waals surface area contributed by atoms with Crippen LogP contribution in [0.3, 0.4) is 0 Å². The number of aromatic nitrogens is 3. The number of hydrogen-bond donors (Lipinski definition) is 1. The maximum absolute atomic E-state index is 12.8. The minimum absolute atomic E-state index is 0.167. The Hall–Kier alpha value is -3.42. The van der Waals surface area contributed by atoms with Crippen molar-refractivity contribution in [1.82, 2.24) is 13.7 Å². The van der Waals surface area contributed by atoms with Crippen LogP contribution in [0.5, 0.6) is 11.5 Å². The van der Waals surface area contributed by atoms with Crippen molar-refractivity contribution in [3.63, 3.8) is 0 Å². The van der Waals surface area contributed by atoms with Gasteiger partial charge >= 0.3 is 5.69 Å². The standard InChI is InChI=1S/C21H22N4O4/c1-23-19(22)18(20(26)24(2)21(23)27)13-8-15-14-10-17-16(28-6-3-7-29-17)9-12(14)4-5-25(15)11-13/h8-11H,3-7,22H2,1-2H3. The van der Waals surface area contributed by atoms with Crippen LogP contribution in [0.2, 0.25) is 0 Å². The molecule has 5 rings (SSSR count). The molecule has 150 valence electrons. The van der Waals surface area contributed by atoms with Crippen LogP contribution < -0.4 is 26.5 Å². The molecule has 2 aromatic heterocycles. The number of nitrogens with zero attached hydrogens (tertiary/aromatic N) is 3. The van der Waals surface area contributed by atoms with Crippen LogP contribution in [0.25, 0.3) is 22.4 Å². The molecule has 8 nitrogen and oxygen atoms in total. The number of nitrogen functional groups attached to an aromatic ring is 1. The average molecular weight is 394 g/mol. The van der Waals surface area contributed by atoms with Gasteiger partial charge in [-0.25, -0.2) is 4.79 Å². The summed E-state index contributed by atoms with van der Waals surface area (Å²) in [6.45, 7) is 2.07. The number of hydrogen-bond acceptors (Lipinski definition) is 5. The van der Waals surface area contributed by atoms with Crippen molar-refractivity contribution in [2.45, 2.75) is 19.4 Å². The van der Waals surface area contributed by atoms with Gasteiger partial charge < -0.3 is 19.8 Å². The summed E-state index contributed by atoms with van der Waals surface area (Å²) in [7, 11) is 3.03. The molecule has 0 atom stereocenters. The molecule has 3 aromatic rings. The topological polar surface area (TPSA) is 93.4 Å². The van der Waals surface area contributed by atoms with Gasteiger partial charge in [0, 0.05) is 50.1 Å². The van der Waals surface area contributed by atoms with E-state index in [1.807, 2.05) is 18.3 Å². The second-order valence-corrected chi connectivity index (χ2v) is 7.53. The van der Waals surface area contributed by atoms with E-state index in [9.17, 15) is 9.59 Å². The molecule has 2 aliphatic rings. The van der Waals surface area contributed by atoms with Gasteiger partial charge in [-0.3, -0.25) is 13.9 Å². The lowest BCUT2D eigenvalue weighted by molar-refractivity contribution is 0.297. The number of nitrogens with two attached hydrogens (primary N) is 1. The monoisotopic (exact) mass is 394 g/mol. The number of anilines is 1. The second kappa shape index (κ2) is 6.30. The molecule has 0 amide bonds. The Balaban J connectivity index is 1.69. The third-order valence-corrected chi connectivity index (χ3v) is 5.77. The Morgan fingerprint density at radius 1 is 1.00 bits per heavy atom. The smallest absolute Gasteiger partial charge is 0.332 e. The fraction of sp³-hybridized carbons (Fsp3) is 0.333. The van der Waals surface area contributed by atoms with Crippen molar-refractivity contribution in [2.24, 2.45) is 14.1 Å². The quantitative estimate of drug-likeness (QED) is 0.675. The lowest BCUT2D eigenvalue weighted by Gasteiger charge is -2.21. The van der Waals surface area contributed by atoms with Gasteiger partial charge in [-0.2, -0.15) is 0 Å².